The number of nitrogens with zero attached hydrogens (tertiary/aromatic N) is 3. The molecule has 1 aromatic carbocycles. The number of piperazine rings is 1. The number of likely N-dealkylation sites (N-methyl/N-ethyl adjacent to an activating group) is 1. The monoisotopic (exact) mass is 493 g/mol. The van der Waals surface area contributed by atoms with Crippen LogP contribution in [-0.2, 0) is 6.54 Å². The summed E-state index contributed by atoms with van der Waals surface area (Å²) in [6.45, 7) is 11.2. The van der Waals surface area contributed by atoms with E-state index >= 15 is 0 Å². The van der Waals surface area contributed by atoms with Crippen LogP contribution in [0.3, 0.4) is 0 Å². The van der Waals surface area contributed by atoms with Crippen LogP contribution in [0.5, 0.6) is 0 Å². The lowest BCUT2D eigenvalue weighted by Gasteiger charge is -2.34. The molecule has 0 unspecified atom stereocenters. The topological polar surface area (TPSA) is 42.9 Å². The first kappa shape index (κ1) is 23.5. The molecule has 2 rings (SSSR count). The van der Waals surface area contributed by atoms with Crippen molar-refractivity contribution in [3.05, 3.63) is 34.9 Å². The van der Waals surface area contributed by atoms with Gasteiger partial charge in [0.15, 0.2) is 5.96 Å². The van der Waals surface area contributed by atoms with E-state index in [4.69, 9.17) is 11.6 Å². The molecule has 1 saturated heterocycles. The predicted molar refractivity (Wildman–Crippen MR) is 123 cm³/mol. The van der Waals surface area contributed by atoms with Crippen molar-refractivity contribution in [1.29, 1.82) is 0 Å². The zero-order valence-corrected chi connectivity index (χ0v) is 19.1. The summed E-state index contributed by atoms with van der Waals surface area (Å²) in [5.41, 5.74) is 1.19. The second-order valence-corrected chi connectivity index (χ2v) is 6.90. The summed E-state index contributed by atoms with van der Waals surface area (Å²) in [4.78, 5) is 9.38. The van der Waals surface area contributed by atoms with Crippen molar-refractivity contribution in [3.63, 3.8) is 0 Å². The molecule has 0 amide bonds. The van der Waals surface area contributed by atoms with Gasteiger partial charge in [-0.15, -0.1) is 24.0 Å². The predicted octanol–water partition coefficient (Wildman–Crippen LogP) is 3.04. The van der Waals surface area contributed by atoms with Gasteiger partial charge in [-0.05, 0) is 43.6 Å². The highest BCUT2D eigenvalue weighted by atomic mass is 127. The highest BCUT2D eigenvalue weighted by Crippen LogP contribution is 2.09. The second-order valence-electron chi connectivity index (χ2n) is 6.46. The van der Waals surface area contributed by atoms with Crippen molar-refractivity contribution < 1.29 is 0 Å². The van der Waals surface area contributed by atoms with Gasteiger partial charge >= 0.3 is 0 Å². The molecule has 7 heteroatoms. The standard InChI is InChI=1S/C19H32ClN5.HI/c1-3-24-12-14-25(15-13-24)11-5-4-10-22-19(21-2)23-16-17-6-8-18(20)9-7-17;/h6-9H,3-5,10-16H2,1-2H3,(H2,21,22,23);1H. The highest BCUT2D eigenvalue weighted by molar-refractivity contribution is 14.0. The molecule has 1 aliphatic heterocycles. The van der Waals surface area contributed by atoms with Gasteiger partial charge in [-0.1, -0.05) is 30.7 Å². The van der Waals surface area contributed by atoms with Crippen molar-refractivity contribution in [3.8, 4) is 0 Å². The van der Waals surface area contributed by atoms with E-state index in [-0.39, 0.29) is 24.0 Å². The Bertz CT molecular complexity index is 515. The summed E-state index contributed by atoms with van der Waals surface area (Å²) in [5.74, 6) is 0.853. The fraction of sp³-hybridized carbons (Fsp3) is 0.632. The van der Waals surface area contributed by atoms with Crippen LogP contribution < -0.4 is 10.6 Å². The van der Waals surface area contributed by atoms with E-state index in [0.717, 1.165) is 30.5 Å². The maximum Gasteiger partial charge on any atom is 0.191 e. The lowest BCUT2D eigenvalue weighted by molar-refractivity contribution is 0.136. The van der Waals surface area contributed by atoms with E-state index < -0.39 is 0 Å². The summed E-state index contributed by atoms with van der Waals surface area (Å²) in [5, 5.41) is 7.49. The molecule has 2 N–H and O–H groups in total. The Labute approximate surface area is 180 Å². The van der Waals surface area contributed by atoms with E-state index in [2.05, 4.69) is 32.3 Å². The summed E-state index contributed by atoms with van der Waals surface area (Å²) >= 11 is 5.91. The third-order valence-corrected chi connectivity index (χ3v) is 4.95. The summed E-state index contributed by atoms with van der Waals surface area (Å²) < 4.78 is 0. The number of rotatable bonds is 8. The molecule has 1 aliphatic rings. The SMILES string of the molecule is CCN1CCN(CCCCNC(=NC)NCc2ccc(Cl)cc2)CC1.I. The lowest BCUT2D eigenvalue weighted by Crippen LogP contribution is -2.46. The first-order valence-electron chi connectivity index (χ1n) is 9.35. The maximum absolute atomic E-state index is 5.91. The minimum absolute atomic E-state index is 0. The summed E-state index contributed by atoms with van der Waals surface area (Å²) in [6, 6.07) is 7.88. The fourth-order valence-electron chi connectivity index (χ4n) is 3.00. The third-order valence-electron chi connectivity index (χ3n) is 4.70. The molecule has 0 aromatic heterocycles. The van der Waals surface area contributed by atoms with Gasteiger partial charge in [0, 0.05) is 51.3 Å². The molecule has 148 valence electrons. The summed E-state index contributed by atoms with van der Waals surface area (Å²) in [7, 11) is 1.81. The number of benzene rings is 1. The van der Waals surface area contributed by atoms with E-state index in [1.54, 1.807) is 0 Å². The highest BCUT2D eigenvalue weighted by Gasteiger charge is 2.14. The van der Waals surface area contributed by atoms with Crippen molar-refractivity contribution in [2.24, 2.45) is 4.99 Å². The minimum atomic E-state index is 0. The van der Waals surface area contributed by atoms with Gasteiger partial charge in [-0.2, -0.15) is 0 Å². The molecular formula is C19H33ClIN5. The van der Waals surface area contributed by atoms with Crippen LogP contribution in [0.25, 0.3) is 0 Å². The Morgan fingerprint density at radius 3 is 2.31 bits per heavy atom. The molecule has 0 saturated carbocycles. The van der Waals surface area contributed by atoms with Crippen molar-refractivity contribution >= 4 is 41.5 Å². The third kappa shape index (κ3) is 8.88. The van der Waals surface area contributed by atoms with Crippen LogP contribution in [0.1, 0.15) is 25.3 Å². The van der Waals surface area contributed by atoms with Crippen LogP contribution in [-0.4, -0.2) is 68.6 Å². The van der Waals surface area contributed by atoms with Gasteiger partial charge in [-0.25, -0.2) is 0 Å². The van der Waals surface area contributed by atoms with Crippen LogP contribution in [0.4, 0.5) is 0 Å². The smallest absolute Gasteiger partial charge is 0.191 e. The molecule has 1 aromatic rings. The zero-order valence-electron chi connectivity index (χ0n) is 16.0. The molecule has 0 radical (unpaired) electrons. The number of hydrogen-bond acceptors (Lipinski definition) is 3. The Morgan fingerprint density at radius 2 is 1.69 bits per heavy atom. The minimum Gasteiger partial charge on any atom is -0.356 e. The number of guanidine groups is 1. The Hall–Kier alpha value is -0.570. The van der Waals surface area contributed by atoms with Crippen LogP contribution in [0.15, 0.2) is 29.3 Å². The first-order valence-corrected chi connectivity index (χ1v) is 9.72. The average molecular weight is 494 g/mol. The number of unbranched alkanes of at least 4 members (excludes halogenated alkanes) is 1. The maximum atomic E-state index is 5.91. The van der Waals surface area contributed by atoms with Gasteiger partial charge in [0.1, 0.15) is 0 Å². The van der Waals surface area contributed by atoms with Crippen molar-refractivity contribution in [2.45, 2.75) is 26.3 Å². The quantitative estimate of drug-likeness (QED) is 0.253. The van der Waals surface area contributed by atoms with Crippen LogP contribution in [0.2, 0.25) is 5.02 Å². The van der Waals surface area contributed by atoms with Gasteiger partial charge in [0.2, 0.25) is 0 Å². The van der Waals surface area contributed by atoms with Crippen LogP contribution >= 0.6 is 35.6 Å². The molecule has 0 spiro atoms. The lowest BCUT2D eigenvalue weighted by atomic mass is 10.2. The van der Waals surface area contributed by atoms with Crippen molar-refractivity contribution in [1.82, 2.24) is 20.4 Å². The largest absolute Gasteiger partial charge is 0.356 e. The number of halogens is 2. The Kier molecular flexibility index (Phi) is 12.3. The van der Waals surface area contributed by atoms with Gasteiger partial charge < -0.3 is 20.4 Å². The first-order chi connectivity index (χ1) is 12.2. The molecule has 0 atom stereocenters. The van der Waals surface area contributed by atoms with Gasteiger partial charge in [0.25, 0.3) is 0 Å². The number of aliphatic imine (C=N–C) groups is 1. The molecule has 0 aliphatic carbocycles. The Balaban J connectivity index is 0.00000338. The van der Waals surface area contributed by atoms with E-state index in [9.17, 15) is 0 Å². The molecule has 26 heavy (non-hydrogen) atoms. The van der Waals surface area contributed by atoms with Crippen LogP contribution in [0, 0.1) is 0 Å². The van der Waals surface area contributed by atoms with Crippen molar-refractivity contribution in [2.75, 3.05) is 52.9 Å². The van der Waals surface area contributed by atoms with Gasteiger partial charge in [0.05, 0.1) is 0 Å². The van der Waals surface area contributed by atoms with E-state index in [0.29, 0.717) is 0 Å². The fourth-order valence-corrected chi connectivity index (χ4v) is 3.13. The molecule has 1 heterocycles. The average Bonchev–Trinajstić information content (AvgIpc) is 2.65. The number of hydrogen-bond donors (Lipinski definition) is 2. The summed E-state index contributed by atoms with van der Waals surface area (Å²) in [6.07, 6.45) is 2.39. The zero-order chi connectivity index (χ0) is 17.9. The second kappa shape index (κ2) is 13.6. The molecule has 1 fully saturated rings. The molecule has 0 bridgehead atoms. The van der Waals surface area contributed by atoms with E-state index in [1.807, 2.05) is 31.3 Å². The van der Waals surface area contributed by atoms with Gasteiger partial charge in [-0.3, -0.25) is 4.99 Å². The van der Waals surface area contributed by atoms with E-state index in [1.165, 1.54) is 51.3 Å². The molecular weight excluding hydrogens is 461 g/mol. The Morgan fingerprint density at radius 1 is 1.04 bits per heavy atom. The normalized spacial score (nSPS) is 16.2. The number of nitrogens with one attached hydrogen (secondary N) is 2. The molecule has 5 nitrogen and oxygen atoms in total.